The summed E-state index contributed by atoms with van der Waals surface area (Å²) in [6, 6.07) is 20.7. The number of methoxy groups -OCH3 is 2. The smallest absolute Gasteiger partial charge is 0.261 e. The van der Waals surface area contributed by atoms with Crippen molar-refractivity contribution in [3.63, 3.8) is 0 Å². The predicted octanol–water partition coefficient (Wildman–Crippen LogP) is 3.27. The van der Waals surface area contributed by atoms with Crippen LogP contribution in [0.25, 0.3) is 0 Å². The Labute approximate surface area is 198 Å². The molecule has 1 aliphatic heterocycles. The van der Waals surface area contributed by atoms with E-state index in [0.29, 0.717) is 0 Å². The Morgan fingerprint density at radius 3 is 1.73 bits per heavy atom. The molecule has 2 aromatic rings. The molecule has 0 unspecified atom stereocenters. The first-order valence-corrected chi connectivity index (χ1v) is 13.1. The molecule has 0 aliphatic carbocycles. The van der Waals surface area contributed by atoms with Crippen LogP contribution in [0.15, 0.2) is 60.7 Å². The van der Waals surface area contributed by atoms with Crippen LogP contribution in [0.2, 0.25) is 5.04 Å². The van der Waals surface area contributed by atoms with E-state index in [1.165, 1.54) is 14.2 Å². The molecule has 6 nitrogen and oxygen atoms in total. The van der Waals surface area contributed by atoms with Crippen LogP contribution in [0.4, 0.5) is 0 Å². The van der Waals surface area contributed by atoms with Crippen molar-refractivity contribution >= 4 is 25.0 Å². The molecule has 33 heavy (non-hydrogen) atoms. The van der Waals surface area contributed by atoms with E-state index in [4.69, 9.17) is 23.4 Å². The SMILES string of the molecule is CO[C@]1(C)O[C@@H](C=O)[C@H](CO[Si](c2ccccc2)(c2ccccc2)C(C)(C)C)O[C@@]1(C)OC. The van der Waals surface area contributed by atoms with Crippen LogP contribution in [-0.4, -0.2) is 59.2 Å². The maximum atomic E-state index is 12.0. The average molecular weight is 473 g/mol. The van der Waals surface area contributed by atoms with Gasteiger partial charge >= 0.3 is 0 Å². The van der Waals surface area contributed by atoms with Crippen molar-refractivity contribution in [2.45, 2.75) is 63.4 Å². The molecule has 0 bridgehead atoms. The zero-order valence-electron chi connectivity index (χ0n) is 20.7. The molecule has 1 heterocycles. The monoisotopic (exact) mass is 472 g/mol. The Morgan fingerprint density at radius 2 is 1.33 bits per heavy atom. The largest absolute Gasteiger partial charge is 0.405 e. The van der Waals surface area contributed by atoms with Gasteiger partial charge in [0.15, 0.2) is 6.29 Å². The lowest BCUT2D eigenvalue weighted by Gasteiger charge is -2.51. The number of ether oxygens (including phenoxy) is 4. The van der Waals surface area contributed by atoms with Crippen molar-refractivity contribution in [1.29, 1.82) is 0 Å². The Hall–Kier alpha value is -1.87. The minimum absolute atomic E-state index is 0.162. The number of rotatable bonds is 8. The molecule has 0 saturated carbocycles. The normalized spacial score (nSPS) is 28.5. The second-order valence-electron chi connectivity index (χ2n) is 9.65. The van der Waals surface area contributed by atoms with Gasteiger partial charge in [-0.1, -0.05) is 81.4 Å². The van der Waals surface area contributed by atoms with E-state index < -0.39 is 32.1 Å². The second kappa shape index (κ2) is 9.78. The maximum absolute atomic E-state index is 12.0. The Balaban J connectivity index is 2.03. The van der Waals surface area contributed by atoms with E-state index in [0.717, 1.165) is 16.7 Å². The quantitative estimate of drug-likeness (QED) is 0.434. The first-order chi connectivity index (χ1) is 15.6. The molecule has 3 rings (SSSR count). The number of carbonyl (C=O) groups excluding carboxylic acids is 1. The number of hydrogen-bond acceptors (Lipinski definition) is 6. The van der Waals surface area contributed by atoms with Crippen LogP contribution in [0.3, 0.4) is 0 Å². The summed E-state index contributed by atoms with van der Waals surface area (Å²) in [5, 5.41) is 2.10. The Bertz CT molecular complexity index is 876. The fourth-order valence-corrected chi connectivity index (χ4v) is 9.16. The summed E-state index contributed by atoms with van der Waals surface area (Å²) in [6.45, 7) is 10.2. The van der Waals surface area contributed by atoms with Gasteiger partial charge in [-0.2, -0.15) is 0 Å². The highest BCUT2D eigenvalue weighted by Crippen LogP contribution is 2.41. The molecular weight excluding hydrogens is 436 g/mol. The van der Waals surface area contributed by atoms with Crippen molar-refractivity contribution < 1.29 is 28.2 Å². The van der Waals surface area contributed by atoms with E-state index >= 15 is 0 Å². The molecule has 1 saturated heterocycles. The van der Waals surface area contributed by atoms with Crippen LogP contribution in [0.5, 0.6) is 0 Å². The molecule has 0 aromatic heterocycles. The van der Waals surface area contributed by atoms with Gasteiger partial charge in [0.1, 0.15) is 12.2 Å². The van der Waals surface area contributed by atoms with Gasteiger partial charge in [0.25, 0.3) is 8.32 Å². The van der Waals surface area contributed by atoms with Gasteiger partial charge in [-0.25, -0.2) is 0 Å². The van der Waals surface area contributed by atoms with E-state index in [9.17, 15) is 4.79 Å². The maximum Gasteiger partial charge on any atom is 0.261 e. The summed E-state index contributed by atoms with van der Waals surface area (Å²) in [5.41, 5.74) is 0. The topological polar surface area (TPSA) is 63.2 Å². The second-order valence-corrected chi connectivity index (χ2v) is 14.0. The van der Waals surface area contributed by atoms with Gasteiger partial charge in [-0.05, 0) is 29.3 Å². The van der Waals surface area contributed by atoms with Crippen LogP contribution in [0.1, 0.15) is 34.6 Å². The summed E-state index contributed by atoms with van der Waals surface area (Å²) < 4.78 is 30.5. The fourth-order valence-electron chi connectivity index (χ4n) is 4.59. The van der Waals surface area contributed by atoms with Gasteiger partial charge in [-0.15, -0.1) is 0 Å². The zero-order chi connectivity index (χ0) is 24.3. The van der Waals surface area contributed by atoms with Crippen molar-refractivity contribution in [2.75, 3.05) is 20.8 Å². The zero-order valence-corrected chi connectivity index (χ0v) is 21.7. The Morgan fingerprint density at radius 1 is 0.879 bits per heavy atom. The third-order valence-electron chi connectivity index (χ3n) is 6.72. The number of benzene rings is 2. The highest BCUT2D eigenvalue weighted by molar-refractivity contribution is 6.99. The van der Waals surface area contributed by atoms with Crippen LogP contribution >= 0.6 is 0 Å². The van der Waals surface area contributed by atoms with Gasteiger partial charge in [0.05, 0.1) is 6.61 Å². The lowest BCUT2D eigenvalue weighted by molar-refractivity contribution is -0.442. The number of hydrogen-bond donors (Lipinski definition) is 0. The number of carbonyl (C=O) groups is 1. The summed E-state index contributed by atoms with van der Waals surface area (Å²) >= 11 is 0. The molecular formula is C26H36O6Si. The molecule has 2 aromatic carbocycles. The molecule has 4 atom stereocenters. The van der Waals surface area contributed by atoms with Gasteiger partial charge < -0.3 is 28.2 Å². The predicted molar refractivity (Wildman–Crippen MR) is 130 cm³/mol. The lowest BCUT2D eigenvalue weighted by Crippen LogP contribution is -2.69. The summed E-state index contributed by atoms with van der Waals surface area (Å²) in [4.78, 5) is 12.0. The van der Waals surface area contributed by atoms with Crippen molar-refractivity contribution in [3.05, 3.63) is 60.7 Å². The Kier molecular flexibility index (Phi) is 7.63. The van der Waals surface area contributed by atoms with E-state index in [2.05, 4.69) is 45.0 Å². The number of aldehydes is 1. The minimum atomic E-state index is -2.80. The first-order valence-electron chi connectivity index (χ1n) is 11.2. The minimum Gasteiger partial charge on any atom is -0.405 e. The summed E-state index contributed by atoms with van der Waals surface area (Å²) in [7, 11) is 0.232. The molecule has 0 spiro atoms. The van der Waals surface area contributed by atoms with Crippen LogP contribution in [-0.2, 0) is 28.2 Å². The van der Waals surface area contributed by atoms with E-state index in [1.54, 1.807) is 13.8 Å². The molecule has 0 amide bonds. The van der Waals surface area contributed by atoms with Crippen molar-refractivity contribution in [3.8, 4) is 0 Å². The first kappa shape index (κ1) is 25.7. The van der Waals surface area contributed by atoms with Crippen LogP contribution in [0, 0.1) is 0 Å². The van der Waals surface area contributed by atoms with Gasteiger partial charge in [-0.3, -0.25) is 0 Å². The molecule has 1 fully saturated rings. The highest BCUT2D eigenvalue weighted by atomic mass is 28.4. The third kappa shape index (κ3) is 4.58. The van der Waals surface area contributed by atoms with E-state index in [-0.39, 0.29) is 11.6 Å². The molecule has 0 N–H and O–H groups in total. The summed E-state index contributed by atoms with van der Waals surface area (Å²) in [5.74, 6) is -2.47. The van der Waals surface area contributed by atoms with Crippen molar-refractivity contribution in [2.24, 2.45) is 0 Å². The molecule has 0 radical (unpaired) electrons. The van der Waals surface area contributed by atoms with Crippen molar-refractivity contribution in [1.82, 2.24) is 0 Å². The third-order valence-corrected chi connectivity index (χ3v) is 11.7. The standard InChI is InChI=1S/C26H36O6Si/c1-24(2,3)33(20-14-10-8-11-15-20,21-16-12-9-13-17-21)30-19-23-22(18-27)31-25(4,28-6)26(5,29-7)32-23/h8-18,22-23H,19H2,1-7H3/t22-,23-,25+,26+/m0/s1. The van der Waals surface area contributed by atoms with Gasteiger partial charge in [0.2, 0.25) is 11.6 Å². The molecule has 7 heteroatoms. The van der Waals surface area contributed by atoms with Gasteiger partial charge in [0, 0.05) is 14.2 Å². The molecule has 180 valence electrons. The molecule has 1 aliphatic rings. The summed E-state index contributed by atoms with van der Waals surface area (Å²) in [6.07, 6.45) is -0.792. The van der Waals surface area contributed by atoms with Crippen LogP contribution < -0.4 is 10.4 Å². The highest BCUT2D eigenvalue weighted by Gasteiger charge is 2.58. The lowest BCUT2D eigenvalue weighted by atomic mass is 10.0. The average Bonchev–Trinajstić information content (AvgIpc) is 2.82. The van der Waals surface area contributed by atoms with E-state index in [1.807, 2.05) is 36.4 Å². The fraction of sp³-hybridized carbons (Fsp3) is 0.500.